The minimum Gasteiger partial charge on any atom is -0.496 e. The number of hydrogen-bond acceptors (Lipinski definition) is 5. The SMILES string of the molecule is COc1ccc(C(F)(F)F)cc1-c1ccc2c(c1COC(=O)c1ccc(Cl)s1)C(C)=CC(C)(C)N2. The van der Waals surface area contributed by atoms with E-state index in [0.717, 1.165) is 40.3 Å². The highest BCUT2D eigenvalue weighted by atomic mass is 35.5. The van der Waals surface area contributed by atoms with E-state index in [2.05, 4.69) is 5.32 Å². The third-order valence-corrected chi connectivity index (χ3v) is 6.89. The third-order valence-electron chi connectivity index (χ3n) is 5.68. The fourth-order valence-electron chi connectivity index (χ4n) is 4.33. The Bertz CT molecular complexity index is 1330. The van der Waals surface area contributed by atoms with E-state index in [-0.39, 0.29) is 23.5 Å². The number of thiophene rings is 1. The molecule has 2 aromatic carbocycles. The van der Waals surface area contributed by atoms with Crippen molar-refractivity contribution in [2.75, 3.05) is 12.4 Å². The molecule has 4 nitrogen and oxygen atoms in total. The zero-order valence-corrected chi connectivity index (χ0v) is 21.0. The molecule has 1 aliphatic rings. The van der Waals surface area contributed by atoms with Gasteiger partial charge in [-0.2, -0.15) is 13.2 Å². The van der Waals surface area contributed by atoms with E-state index in [4.69, 9.17) is 21.1 Å². The smallest absolute Gasteiger partial charge is 0.416 e. The van der Waals surface area contributed by atoms with Crippen molar-refractivity contribution in [3.63, 3.8) is 0 Å². The van der Waals surface area contributed by atoms with E-state index < -0.39 is 17.7 Å². The van der Waals surface area contributed by atoms with Crippen molar-refractivity contribution in [2.24, 2.45) is 0 Å². The second-order valence-electron chi connectivity index (χ2n) is 8.78. The van der Waals surface area contributed by atoms with Crippen LogP contribution in [0.15, 0.2) is 48.5 Å². The first kappa shape index (κ1) is 25.1. The van der Waals surface area contributed by atoms with Gasteiger partial charge in [0.05, 0.1) is 22.5 Å². The van der Waals surface area contributed by atoms with Gasteiger partial charge in [-0.25, -0.2) is 4.79 Å². The summed E-state index contributed by atoms with van der Waals surface area (Å²) < 4.78 is 52.1. The molecule has 3 aromatic rings. The molecular weight excluding hydrogens is 499 g/mol. The fourth-order valence-corrected chi connectivity index (χ4v) is 5.27. The van der Waals surface area contributed by atoms with Crippen molar-refractivity contribution < 1.29 is 27.4 Å². The molecule has 1 aromatic heterocycles. The van der Waals surface area contributed by atoms with Gasteiger partial charge in [0.1, 0.15) is 17.2 Å². The Morgan fingerprint density at radius 3 is 2.49 bits per heavy atom. The molecule has 4 rings (SSSR count). The zero-order valence-electron chi connectivity index (χ0n) is 19.5. The first-order chi connectivity index (χ1) is 16.4. The second kappa shape index (κ2) is 9.24. The Hall–Kier alpha value is -2.97. The summed E-state index contributed by atoms with van der Waals surface area (Å²) in [5.41, 5.74) is 2.69. The number of esters is 1. The standard InChI is InChI=1S/C26H23ClF3NO3S/c1-14-12-25(2,3)31-19-7-6-16(17-11-15(26(28,29)30)5-8-20(17)33-4)18(23(14)19)13-34-24(32)21-9-10-22(27)35-21/h5-12,31H,13H2,1-4H3. The summed E-state index contributed by atoms with van der Waals surface area (Å²) in [5.74, 6) is -0.284. The molecule has 0 bridgehead atoms. The van der Waals surface area contributed by atoms with E-state index in [9.17, 15) is 18.0 Å². The van der Waals surface area contributed by atoms with E-state index >= 15 is 0 Å². The molecule has 9 heteroatoms. The number of halogens is 4. The van der Waals surface area contributed by atoms with Gasteiger partial charge < -0.3 is 14.8 Å². The lowest BCUT2D eigenvalue weighted by molar-refractivity contribution is -0.137. The number of nitrogens with one attached hydrogen (secondary N) is 1. The van der Waals surface area contributed by atoms with Gasteiger partial charge >= 0.3 is 12.1 Å². The first-order valence-electron chi connectivity index (χ1n) is 10.7. The average molecular weight is 522 g/mol. The summed E-state index contributed by atoms with van der Waals surface area (Å²) in [6.07, 6.45) is -2.49. The Morgan fingerprint density at radius 1 is 1.11 bits per heavy atom. The molecule has 0 spiro atoms. The minimum absolute atomic E-state index is 0.153. The molecule has 0 aliphatic carbocycles. The van der Waals surface area contributed by atoms with Gasteiger partial charge in [-0.3, -0.25) is 0 Å². The van der Waals surface area contributed by atoms with Gasteiger partial charge in [-0.05, 0) is 68.3 Å². The lowest BCUT2D eigenvalue weighted by atomic mass is 9.85. The molecule has 184 valence electrons. The van der Waals surface area contributed by atoms with Crippen LogP contribution in [0.1, 0.15) is 47.1 Å². The van der Waals surface area contributed by atoms with Crippen molar-refractivity contribution in [3.05, 3.63) is 74.4 Å². The van der Waals surface area contributed by atoms with Crippen molar-refractivity contribution in [1.29, 1.82) is 0 Å². The number of ether oxygens (including phenoxy) is 2. The van der Waals surface area contributed by atoms with Crippen LogP contribution < -0.4 is 10.1 Å². The molecule has 0 radical (unpaired) electrons. The number of fused-ring (bicyclic) bond motifs is 1. The lowest BCUT2D eigenvalue weighted by Crippen LogP contribution is -2.32. The zero-order chi connectivity index (χ0) is 25.5. The Labute approximate surface area is 210 Å². The minimum atomic E-state index is -4.53. The summed E-state index contributed by atoms with van der Waals surface area (Å²) >= 11 is 7.04. The summed E-state index contributed by atoms with van der Waals surface area (Å²) in [7, 11) is 1.40. The maximum absolute atomic E-state index is 13.5. The van der Waals surface area contributed by atoms with Crippen LogP contribution in [0.25, 0.3) is 16.7 Å². The Morgan fingerprint density at radius 2 is 1.86 bits per heavy atom. The highest BCUT2D eigenvalue weighted by Crippen LogP contribution is 2.44. The Balaban J connectivity index is 1.87. The molecular formula is C26H23ClF3NO3S. The predicted molar refractivity (Wildman–Crippen MR) is 133 cm³/mol. The monoisotopic (exact) mass is 521 g/mol. The number of hydrogen-bond donors (Lipinski definition) is 1. The van der Waals surface area contributed by atoms with Crippen molar-refractivity contribution >= 4 is 40.2 Å². The lowest BCUT2D eigenvalue weighted by Gasteiger charge is -2.33. The molecule has 1 N–H and O–H groups in total. The van der Waals surface area contributed by atoms with Crippen LogP contribution in [0.4, 0.5) is 18.9 Å². The van der Waals surface area contributed by atoms with Gasteiger partial charge in [0.2, 0.25) is 0 Å². The molecule has 0 fully saturated rings. The van der Waals surface area contributed by atoms with Crippen molar-refractivity contribution in [1.82, 2.24) is 0 Å². The molecule has 35 heavy (non-hydrogen) atoms. The first-order valence-corrected chi connectivity index (χ1v) is 11.9. The molecule has 1 aliphatic heterocycles. The molecule has 0 saturated carbocycles. The molecule has 0 amide bonds. The molecule has 0 saturated heterocycles. The van der Waals surface area contributed by atoms with Gasteiger partial charge in [-0.1, -0.05) is 23.7 Å². The highest BCUT2D eigenvalue weighted by molar-refractivity contribution is 7.17. The van der Waals surface area contributed by atoms with Crippen LogP contribution in [0.2, 0.25) is 4.34 Å². The summed E-state index contributed by atoms with van der Waals surface area (Å²) in [6.45, 7) is 5.81. The number of carbonyl (C=O) groups is 1. The normalized spacial score (nSPS) is 14.6. The molecule has 0 unspecified atom stereocenters. The van der Waals surface area contributed by atoms with Crippen LogP contribution >= 0.6 is 22.9 Å². The molecule has 2 heterocycles. The fraction of sp³-hybridized carbons (Fsp3) is 0.269. The summed E-state index contributed by atoms with van der Waals surface area (Å²) in [5, 5.41) is 3.43. The number of benzene rings is 2. The van der Waals surface area contributed by atoms with Gasteiger partial charge in [0.15, 0.2) is 0 Å². The van der Waals surface area contributed by atoms with E-state index in [1.165, 1.54) is 13.2 Å². The van der Waals surface area contributed by atoms with Crippen LogP contribution in [0, 0.1) is 0 Å². The van der Waals surface area contributed by atoms with Crippen molar-refractivity contribution in [2.45, 2.75) is 39.1 Å². The number of rotatable bonds is 5. The van der Waals surface area contributed by atoms with E-state index in [0.29, 0.717) is 20.3 Å². The number of anilines is 1. The summed E-state index contributed by atoms with van der Waals surface area (Å²) in [4.78, 5) is 13.0. The van der Waals surface area contributed by atoms with Gasteiger partial charge in [0, 0.05) is 22.4 Å². The number of carbonyl (C=O) groups excluding carboxylic acids is 1. The second-order valence-corrected chi connectivity index (χ2v) is 10.5. The van der Waals surface area contributed by atoms with Crippen LogP contribution in [-0.4, -0.2) is 18.6 Å². The van der Waals surface area contributed by atoms with Gasteiger partial charge in [0.25, 0.3) is 0 Å². The van der Waals surface area contributed by atoms with Crippen LogP contribution in [0.5, 0.6) is 5.75 Å². The average Bonchev–Trinajstić information content (AvgIpc) is 3.21. The van der Waals surface area contributed by atoms with E-state index in [1.54, 1.807) is 18.2 Å². The third kappa shape index (κ3) is 5.18. The van der Waals surface area contributed by atoms with Crippen LogP contribution in [0.3, 0.4) is 0 Å². The molecule has 0 atom stereocenters. The largest absolute Gasteiger partial charge is 0.496 e. The quantitative estimate of drug-likeness (QED) is 0.345. The predicted octanol–water partition coefficient (Wildman–Crippen LogP) is 8.06. The maximum atomic E-state index is 13.5. The topological polar surface area (TPSA) is 47.6 Å². The Kier molecular flexibility index (Phi) is 6.64. The number of allylic oxidation sites excluding steroid dienone is 1. The van der Waals surface area contributed by atoms with Crippen LogP contribution in [-0.2, 0) is 17.5 Å². The number of methoxy groups -OCH3 is 1. The van der Waals surface area contributed by atoms with Gasteiger partial charge in [-0.15, -0.1) is 11.3 Å². The maximum Gasteiger partial charge on any atom is 0.416 e. The highest BCUT2D eigenvalue weighted by Gasteiger charge is 2.32. The van der Waals surface area contributed by atoms with E-state index in [1.807, 2.05) is 32.9 Å². The van der Waals surface area contributed by atoms with Crippen molar-refractivity contribution in [3.8, 4) is 16.9 Å². The summed E-state index contributed by atoms with van der Waals surface area (Å²) in [6, 6.07) is 10.1. The number of alkyl halides is 3.